The number of rotatable bonds is 8. The molecule has 29 heavy (non-hydrogen) atoms. The van der Waals surface area contributed by atoms with Gasteiger partial charge in [0.25, 0.3) is 5.91 Å². The normalized spacial score (nSPS) is 15.6. The van der Waals surface area contributed by atoms with Crippen LogP contribution in [0.5, 0.6) is 0 Å². The number of carbonyl (C=O) groups excluding carboxylic acids is 1. The summed E-state index contributed by atoms with van der Waals surface area (Å²) in [6.45, 7) is 7.00. The number of piperidine rings is 1. The Kier molecular flexibility index (Phi) is 6.97. The summed E-state index contributed by atoms with van der Waals surface area (Å²) in [5.74, 6) is 0.581. The summed E-state index contributed by atoms with van der Waals surface area (Å²) in [5, 5.41) is 2.93. The second-order valence-electron chi connectivity index (χ2n) is 7.20. The SMILES string of the molecule is CCN(CC)S(=O)(=O)c1ccc(N2CCC(CNC(=O)c3ccco3)CC2)cc1. The number of nitrogens with zero attached hydrogens (tertiary/aromatic N) is 2. The molecule has 2 aromatic rings. The second kappa shape index (κ2) is 9.45. The number of hydrogen-bond donors (Lipinski definition) is 1. The first kappa shape index (κ1) is 21.4. The van der Waals surface area contributed by atoms with Crippen LogP contribution in [0.3, 0.4) is 0 Å². The van der Waals surface area contributed by atoms with E-state index in [0.717, 1.165) is 31.6 Å². The van der Waals surface area contributed by atoms with Gasteiger partial charge in [0, 0.05) is 38.4 Å². The van der Waals surface area contributed by atoms with Crippen molar-refractivity contribution in [2.75, 3.05) is 37.6 Å². The van der Waals surface area contributed by atoms with Gasteiger partial charge in [-0.3, -0.25) is 4.79 Å². The fraction of sp³-hybridized carbons (Fsp3) is 0.476. The van der Waals surface area contributed by atoms with Gasteiger partial charge in [-0.05, 0) is 55.2 Å². The van der Waals surface area contributed by atoms with Crippen LogP contribution in [0.2, 0.25) is 0 Å². The highest BCUT2D eigenvalue weighted by molar-refractivity contribution is 7.89. The van der Waals surface area contributed by atoms with Gasteiger partial charge in [-0.1, -0.05) is 13.8 Å². The van der Waals surface area contributed by atoms with Crippen molar-refractivity contribution in [3.05, 3.63) is 48.4 Å². The summed E-state index contributed by atoms with van der Waals surface area (Å²) in [5.41, 5.74) is 1.03. The first-order valence-electron chi connectivity index (χ1n) is 10.1. The summed E-state index contributed by atoms with van der Waals surface area (Å²) in [7, 11) is -3.42. The van der Waals surface area contributed by atoms with Crippen molar-refractivity contribution in [2.45, 2.75) is 31.6 Å². The number of anilines is 1. The van der Waals surface area contributed by atoms with E-state index in [1.165, 1.54) is 10.6 Å². The molecule has 1 amide bonds. The number of amides is 1. The van der Waals surface area contributed by atoms with E-state index in [-0.39, 0.29) is 5.91 Å². The molecule has 0 unspecified atom stereocenters. The van der Waals surface area contributed by atoms with Gasteiger partial charge in [-0.15, -0.1) is 0 Å². The van der Waals surface area contributed by atoms with Gasteiger partial charge in [0.15, 0.2) is 5.76 Å². The molecule has 0 spiro atoms. The van der Waals surface area contributed by atoms with E-state index >= 15 is 0 Å². The van der Waals surface area contributed by atoms with E-state index in [4.69, 9.17) is 4.42 Å². The van der Waals surface area contributed by atoms with Crippen LogP contribution in [0.4, 0.5) is 5.69 Å². The third-order valence-electron chi connectivity index (χ3n) is 5.46. The fourth-order valence-corrected chi connectivity index (χ4v) is 5.13. The topological polar surface area (TPSA) is 82.9 Å². The van der Waals surface area contributed by atoms with Crippen LogP contribution in [0.25, 0.3) is 0 Å². The molecule has 1 aromatic heterocycles. The highest BCUT2D eigenvalue weighted by Crippen LogP contribution is 2.25. The summed E-state index contributed by atoms with van der Waals surface area (Å²) in [6.07, 6.45) is 3.43. The van der Waals surface area contributed by atoms with Crippen molar-refractivity contribution in [2.24, 2.45) is 5.92 Å². The quantitative estimate of drug-likeness (QED) is 0.711. The predicted molar refractivity (Wildman–Crippen MR) is 113 cm³/mol. The van der Waals surface area contributed by atoms with Gasteiger partial charge < -0.3 is 14.6 Å². The summed E-state index contributed by atoms with van der Waals surface area (Å²) < 4.78 is 31.8. The Morgan fingerprint density at radius 3 is 2.34 bits per heavy atom. The third-order valence-corrected chi connectivity index (χ3v) is 7.52. The molecule has 1 saturated heterocycles. The van der Waals surface area contributed by atoms with Gasteiger partial charge >= 0.3 is 0 Å². The summed E-state index contributed by atoms with van der Waals surface area (Å²) >= 11 is 0. The van der Waals surface area contributed by atoms with E-state index in [0.29, 0.717) is 36.2 Å². The zero-order valence-electron chi connectivity index (χ0n) is 17.0. The van der Waals surface area contributed by atoms with Crippen LogP contribution in [-0.4, -0.2) is 51.4 Å². The maximum absolute atomic E-state index is 12.6. The van der Waals surface area contributed by atoms with E-state index in [9.17, 15) is 13.2 Å². The monoisotopic (exact) mass is 419 g/mol. The molecule has 0 saturated carbocycles. The zero-order chi connectivity index (χ0) is 20.9. The van der Waals surface area contributed by atoms with Gasteiger partial charge in [0.05, 0.1) is 11.2 Å². The van der Waals surface area contributed by atoms with Crippen LogP contribution in [-0.2, 0) is 10.0 Å². The van der Waals surface area contributed by atoms with Crippen LogP contribution < -0.4 is 10.2 Å². The van der Waals surface area contributed by atoms with Crippen molar-refractivity contribution < 1.29 is 17.6 Å². The van der Waals surface area contributed by atoms with E-state index in [2.05, 4.69) is 10.2 Å². The van der Waals surface area contributed by atoms with Gasteiger partial charge in [-0.25, -0.2) is 8.42 Å². The Morgan fingerprint density at radius 1 is 1.14 bits per heavy atom. The molecule has 0 radical (unpaired) electrons. The molecule has 3 rings (SSSR count). The van der Waals surface area contributed by atoms with Crippen LogP contribution >= 0.6 is 0 Å². The maximum atomic E-state index is 12.6. The molecular formula is C21H29N3O4S. The molecule has 1 fully saturated rings. The van der Waals surface area contributed by atoms with Crippen LogP contribution in [0, 0.1) is 5.92 Å². The van der Waals surface area contributed by atoms with Crippen LogP contribution in [0.15, 0.2) is 52.0 Å². The number of carbonyl (C=O) groups is 1. The predicted octanol–water partition coefficient (Wildman–Crippen LogP) is 2.96. The molecule has 1 aliphatic rings. The molecule has 158 valence electrons. The molecule has 0 bridgehead atoms. The van der Waals surface area contributed by atoms with Crippen molar-refractivity contribution in [1.29, 1.82) is 0 Å². The highest BCUT2D eigenvalue weighted by Gasteiger charge is 2.23. The minimum absolute atomic E-state index is 0.178. The second-order valence-corrected chi connectivity index (χ2v) is 9.14. The average molecular weight is 420 g/mol. The lowest BCUT2D eigenvalue weighted by Gasteiger charge is -2.33. The van der Waals surface area contributed by atoms with E-state index in [1.807, 2.05) is 26.0 Å². The molecule has 1 aliphatic heterocycles. The Morgan fingerprint density at radius 2 is 1.79 bits per heavy atom. The minimum atomic E-state index is -3.42. The Labute approximate surface area is 172 Å². The first-order chi connectivity index (χ1) is 14.0. The largest absolute Gasteiger partial charge is 0.459 e. The number of furan rings is 1. The number of sulfonamides is 1. The molecule has 7 nitrogen and oxygen atoms in total. The van der Waals surface area contributed by atoms with Gasteiger partial charge in [0.1, 0.15) is 0 Å². The molecule has 0 atom stereocenters. The lowest BCUT2D eigenvalue weighted by molar-refractivity contribution is 0.0917. The number of nitrogens with one attached hydrogen (secondary N) is 1. The van der Waals surface area contributed by atoms with Crippen LogP contribution in [0.1, 0.15) is 37.2 Å². The number of hydrogen-bond acceptors (Lipinski definition) is 5. The smallest absolute Gasteiger partial charge is 0.286 e. The van der Waals surface area contributed by atoms with E-state index in [1.54, 1.807) is 24.3 Å². The first-order valence-corrected chi connectivity index (χ1v) is 11.6. The lowest BCUT2D eigenvalue weighted by Crippen LogP contribution is -2.38. The van der Waals surface area contributed by atoms with E-state index < -0.39 is 10.0 Å². The van der Waals surface area contributed by atoms with Crippen molar-refractivity contribution in [3.8, 4) is 0 Å². The molecule has 8 heteroatoms. The van der Waals surface area contributed by atoms with Gasteiger partial charge in [0.2, 0.25) is 10.0 Å². The lowest BCUT2D eigenvalue weighted by atomic mass is 9.96. The minimum Gasteiger partial charge on any atom is -0.459 e. The molecular weight excluding hydrogens is 390 g/mol. The van der Waals surface area contributed by atoms with Gasteiger partial charge in [-0.2, -0.15) is 4.31 Å². The Bertz CT molecular complexity index is 883. The van der Waals surface area contributed by atoms with Crippen molar-refractivity contribution in [1.82, 2.24) is 9.62 Å². The highest BCUT2D eigenvalue weighted by atomic mass is 32.2. The Hall–Kier alpha value is -2.32. The number of benzene rings is 1. The molecule has 1 N–H and O–H groups in total. The van der Waals surface area contributed by atoms with Crippen molar-refractivity contribution >= 4 is 21.6 Å². The fourth-order valence-electron chi connectivity index (χ4n) is 3.67. The maximum Gasteiger partial charge on any atom is 0.286 e. The molecule has 2 heterocycles. The summed E-state index contributed by atoms with van der Waals surface area (Å²) in [6, 6.07) is 10.5. The molecule has 0 aliphatic carbocycles. The Balaban J connectivity index is 1.52. The third kappa shape index (κ3) is 5.00. The summed E-state index contributed by atoms with van der Waals surface area (Å²) in [4.78, 5) is 14.6. The molecule has 1 aromatic carbocycles. The van der Waals surface area contributed by atoms with Crippen molar-refractivity contribution in [3.63, 3.8) is 0 Å². The zero-order valence-corrected chi connectivity index (χ0v) is 17.8. The standard InChI is InChI=1S/C21H29N3O4S/c1-3-24(4-2)29(26,27)19-9-7-18(8-10-19)23-13-11-17(12-14-23)16-22-21(25)20-6-5-15-28-20/h5-10,15,17H,3-4,11-14,16H2,1-2H3,(H,22,25). The average Bonchev–Trinajstić information content (AvgIpc) is 3.28.